The summed E-state index contributed by atoms with van der Waals surface area (Å²) in [7, 11) is 0. The number of hydrogen-bond acceptors (Lipinski definition) is 1. The van der Waals surface area contributed by atoms with Crippen LogP contribution in [0.25, 0.3) is 0 Å². The molecule has 0 aliphatic carbocycles. The van der Waals surface area contributed by atoms with Crippen LogP contribution in [0.5, 0.6) is 0 Å². The topological polar surface area (TPSA) is 20.2 Å². The molecule has 0 heterocycles. The Morgan fingerprint density at radius 1 is 1.21 bits per heavy atom. The third-order valence-electron chi connectivity index (χ3n) is 3.01. The molecule has 0 saturated carbocycles. The van der Waals surface area contributed by atoms with E-state index in [9.17, 15) is 9.50 Å². The van der Waals surface area contributed by atoms with Gasteiger partial charge in [0.05, 0.1) is 5.60 Å². The Hall–Kier alpha value is -0.900. The Morgan fingerprint density at radius 3 is 2.47 bits per heavy atom. The summed E-state index contributed by atoms with van der Waals surface area (Å²) < 4.78 is 14.6. The molecule has 2 aromatic carbocycles. The van der Waals surface area contributed by atoms with Gasteiger partial charge in [0.2, 0.25) is 0 Å². The van der Waals surface area contributed by atoms with Gasteiger partial charge in [0.1, 0.15) is 5.82 Å². The molecule has 2 aromatic rings. The molecule has 0 amide bonds. The van der Waals surface area contributed by atoms with Crippen molar-refractivity contribution in [3.8, 4) is 0 Å². The minimum absolute atomic E-state index is 0.168. The molecule has 1 unspecified atom stereocenters. The molecule has 0 spiro atoms. The standard InChI is InChI=1S/C15H13BrClFO/c1-15(19,11-2-4-12(16)5-3-11)9-10-8-13(17)6-7-14(10)18/h2-8,19H,9H2,1H3. The molecule has 100 valence electrons. The predicted molar refractivity (Wildman–Crippen MR) is 78.8 cm³/mol. The maximum absolute atomic E-state index is 13.7. The van der Waals surface area contributed by atoms with Crippen molar-refractivity contribution in [2.24, 2.45) is 0 Å². The van der Waals surface area contributed by atoms with Crippen LogP contribution >= 0.6 is 27.5 Å². The molecule has 19 heavy (non-hydrogen) atoms. The van der Waals surface area contributed by atoms with Gasteiger partial charge in [0, 0.05) is 15.9 Å². The van der Waals surface area contributed by atoms with Gasteiger partial charge in [-0.1, -0.05) is 39.7 Å². The molecule has 4 heteroatoms. The average molecular weight is 344 g/mol. The van der Waals surface area contributed by atoms with Crippen LogP contribution in [0.4, 0.5) is 4.39 Å². The molecular formula is C15H13BrClFO. The molecule has 1 N–H and O–H groups in total. The van der Waals surface area contributed by atoms with Crippen molar-refractivity contribution in [1.82, 2.24) is 0 Å². The summed E-state index contributed by atoms with van der Waals surface area (Å²) in [5.74, 6) is -0.359. The van der Waals surface area contributed by atoms with Crippen LogP contribution < -0.4 is 0 Å². The fourth-order valence-electron chi connectivity index (χ4n) is 1.96. The van der Waals surface area contributed by atoms with E-state index in [-0.39, 0.29) is 12.2 Å². The highest BCUT2D eigenvalue weighted by Crippen LogP contribution is 2.28. The van der Waals surface area contributed by atoms with Crippen LogP contribution in [-0.2, 0) is 12.0 Å². The third kappa shape index (κ3) is 3.56. The maximum atomic E-state index is 13.7. The molecule has 1 atom stereocenters. The van der Waals surface area contributed by atoms with Gasteiger partial charge in [-0.3, -0.25) is 0 Å². The van der Waals surface area contributed by atoms with Crippen LogP contribution in [-0.4, -0.2) is 5.11 Å². The van der Waals surface area contributed by atoms with Crippen LogP contribution in [0.2, 0.25) is 5.02 Å². The number of rotatable bonds is 3. The lowest BCUT2D eigenvalue weighted by Gasteiger charge is -2.24. The normalized spacial score (nSPS) is 14.2. The van der Waals surface area contributed by atoms with Crippen LogP contribution in [0.1, 0.15) is 18.1 Å². The fourth-order valence-corrected chi connectivity index (χ4v) is 2.42. The van der Waals surface area contributed by atoms with Crippen LogP contribution in [0.3, 0.4) is 0 Å². The molecule has 1 nitrogen and oxygen atoms in total. The van der Waals surface area contributed by atoms with Gasteiger partial charge in [0.15, 0.2) is 0 Å². The molecule has 0 saturated heterocycles. The van der Waals surface area contributed by atoms with Crippen molar-refractivity contribution in [2.75, 3.05) is 0 Å². The Balaban J connectivity index is 2.30. The highest BCUT2D eigenvalue weighted by Gasteiger charge is 2.25. The second kappa shape index (κ2) is 5.61. The van der Waals surface area contributed by atoms with Crippen LogP contribution in [0.15, 0.2) is 46.9 Å². The van der Waals surface area contributed by atoms with Gasteiger partial charge in [-0.25, -0.2) is 4.39 Å². The molecule has 0 aliphatic rings. The molecule has 0 aromatic heterocycles. The summed E-state index contributed by atoms with van der Waals surface area (Å²) in [5.41, 5.74) is -0.0119. The van der Waals surface area contributed by atoms with E-state index in [0.717, 1.165) is 10.0 Å². The third-order valence-corrected chi connectivity index (χ3v) is 3.77. The minimum atomic E-state index is -1.15. The van der Waals surface area contributed by atoms with Crippen LogP contribution in [0, 0.1) is 5.82 Å². The Labute approximate surface area is 125 Å². The molecule has 0 bridgehead atoms. The first kappa shape index (κ1) is 14.5. The summed E-state index contributed by atoms with van der Waals surface area (Å²) in [6.07, 6.45) is 0.168. The van der Waals surface area contributed by atoms with E-state index in [0.29, 0.717) is 10.6 Å². The number of hydrogen-bond donors (Lipinski definition) is 1. The van der Waals surface area contributed by atoms with Gasteiger partial charge in [-0.05, 0) is 48.4 Å². The predicted octanol–water partition coefficient (Wildman–Crippen LogP) is 4.69. The molecule has 0 fully saturated rings. The summed E-state index contributed by atoms with van der Waals surface area (Å²) in [6, 6.07) is 11.7. The Kier molecular flexibility index (Phi) is 4.29. The van der Waals surface area contributed by atoms with Gasteiger partial charge < -0.3 is 5.11 Å². The molecule has 0 radical (unpaired) electrons. The van der Waals surface area contributed by atoms with Crippen molar-refractivity contribution in [1.29, 1.82) is 0 Å². The van der Waals surface area contributed by atoms with Gasteiger partial charge >= 0.3 is 0 Å². The van der Waals surface area contributed by atoms with Gasteiger partial charge in [0.25, 0.3) is 0 Å². The van der Waals surface area contributed by atoms with E-state index in [4.69, 9.17) is 11.6 Å². The summed E-state index contributed by atoms with van der Waals surface area (Å²) in [5, 5.41) is 11.0. The zero-order valence-electron chi connectivity index (χ0n) is 10.3. The Bertz CT molecular complexity index is 581. The quantitative estimate of drug-likeness (QED) is 0.857. The van der Waals surface area contributed by atoms with Crippen molar-refractivity contribution in [3.63, 3.8) is 0 Å². The van der Waals surface area contributed by atoms with E-state index in [1.165, 1.54) is 12.1 Å². The molecular weight excluding hydrogens is 331 g/mol. The lowest BCUT2D eigenvalue weighted by Crippen LogP contribution is -2.24. The monoisotopic (exact) mass is 342 g/mol. The summed E-state index contributed by atoms with van der Waals surface area (Å²) in [4.78, 5) is 0. The number of benzene rings is 2. The van der Waals surface area contributed by atoms with Crippen molar-refractivity contribution < 1.29 is 9.50 Å². The van der Waals surface area contributed by atoms with E-state index < -0.39 is 5.60 Å². The SMILES string of the molecule is CC(O)(Cc1cc(Cl)ccc1F)c1ccc(Br)cc1. The van der Waals surface area contributed by atoms with Crippen molar-refractivity contribution in [3.05, 3.63) is 68.9 Å². The highest BCUT2D eigenvalue weighted by atomic mass is 79.9. The first-order valence-corrected chi connectivity index (χ1v) is 6.98. The van der Waals surface area contributed by atoms with E-state index in [1.807, 2.05) is 24.3 Å². The lowest BCUT2D eigenvalue weighted by atomic mass is 9.89. The van der Waals surface area contributed by atoms with Crippen molar-refractivity contribution in [2.45, 2.75) is 18.9 Å². The second-order valence-corrected chi connectivity index (χ2v) is 6.05. The highest BCUT2D eigenvalue weighted by molar-refractivity contribution is 9.10. The number of aliphatic hydroxyl groups is 1. The maximum Gasteiger partial charge on any atom is 0.126 e. The van der Waals surface area contributed by atoms with E-state index >= 15 is 0 Å². The Morgan fingerprint density at radius 2 is 1.84 bits per heavy atom. The number of halogens is 3. The van der Waals surface area contributed by atoms with Gasteiger partial charge in [-0.2, -0.15) is 0 Å². The van der Waals surface area contributed by atoms with E-state index in [1.54, 1.807) is 13.0 Å². The van der Waals surface area contributed by atoms with Gasteiger partial charge in [-0.15, -0.1) is 0 Å². The molecule has 2 rings (SSSR count). The summed E-state index contributed by atoms with van der Waals surface area (Å²) in [6.45, 7) is 1.66. The second-order valence-electron chi connectivity index (χ2n) is 4.69. The first-order chi connectivity index (χ1) is 8.88. The minimum Gasteiger partial charge on any atom is -0.385 e. The molecule has 0 aliphatic heterocycles. The smallest absolute Gasteiger partial charge is 0.126 e. The first-order valence-electron chi connectivity index (χ1n) is 5.81. The summed E-state index contributed by atoms with van der Waals surface area (Å²) >= 11 is 9.20. The zero-order valence-corrected chi connectivity index (χ0v) is 12.7. The largest absolute Gasteiger partial charge is 0.385 e. The average Bonchev–Trinajstić information content (AvgIpc) is 2.34. The lowest BCUT2D eigenvalue weighted by molar-refractivity contribution is 0.0567. The van der Waals surface area contributed by atoms with Crippen molar-refractivity contribution >= 4 is 27.5 Å². The zero-order chi connectivity index (χ0) is 14.0. The van der Waals surface area contributed by atoms with E-state index in [2.05, 4.69) is 15.9 Å². The fraction of sp³-hybridized carbons (Fsp3) is 0.200.